The Balaban J connectivity index is 1.83. The van der Waals surface area contributed by atoms with Gasteiger partial charge in [-0.1, -0.05) is 60.7 Å². The second-order valence-corrected chi connectivity index (χ2v) is 5.52. The van der Waals surface area contributed by atoms with E-state index in [9.17, 15) is 9.90 Å². The molecule has 1 unspecified atom stereocenters. The molecule has 24 heavy (non-hydrogen) atoms. The quantitative estimate of drug-likeness (QED) is 0.700. The summed E-state index contributed by atoms with van der Waals surface area (Å²) in [5.41, 5.74) is 2.39. The van der Waals surface area contributed by atoms with Crippen molar-refractivity contribution in [3.63, 3.8) is 0 Å². The minimum atomic E-state index is -1.19. The van der Waals surface area contributed by atoms with E-state index in [1.807, 2.05) is 48.5 Å². The minimum Gasteiger partial charge on any atom is -0.545 e. The Labute approximate surface area is 141 Å². The van der Waals surface area contributed by atoms with Crippen molar-refractivity contribution in [2.75, 3.05) is 0 Å². The zero-order valence-electron chi connectivity index (χ0n) is 13.1. The summed E-state index contributed by atoms with van der Waals surface area (Å²) in [5.74, 6) is -0.560. The van der Waals surface area contributed by atoms with Crippen LogP contribution in [0, 0.1) is 0 Å². The van der Waals surface area contributed by atoms with Crippen molar-refractivity contribution < 1.29 is 14.6 Å². The first-order chi connectivity index (χ1) is 11.7. The molecule has 0 radical (unpaired) electrons. The molecule has 0 saturated heterocycles. The van der Waals surface area contributed by atoms with E-state index in [0.29, 0.717) is 5.75 Å². The largest absolute Gasteiger partial charge is 0.545 e. The molecule has 0 bridgehead atoms. The summed E-state index contributed by atoms with van der Waals surface area (Å²) in [5, 5.41) is 10.8. The van der Waals surface area contributed by atoms with Gasteiger partial charge in [-0.2, -0.15) is 0 Å². The van der Waals surface area contributed by atoms with Crippen molar-refractivity contribution in [1.82, 2.24) is 0 Å². The van der Waals surface area contributed by atoms with E-state index in [1.165, 1.54) is 17.7 Å². The van der Waals surface area contributed by atoms with Crippen LogP contribution in [0.25, 0.3) is 0 Å². The molecule has 3 aromatic carbocycles. The summed E-state index contributed by atoms with van der Waals surface area (Å²) in [7, 11) is 0. The Morgan fingerprint density at radius 3 is 2.00 bits per heavy atom. The van der Waals surface area contributed by atoms with E-state index in [0.717, 1.165) is 12.0 Å². The van der Waals surface area contributed by atoms with Crippen LogP contribution in [-0.2, 0) is 6.42 Å². The maximum absolute atomic E-state index is 10.8. The lowest BCUT2D eigenvalue weighted by atomic mass is 10.0. The van der Waals surface area contributed by atoms with Gasteiger partial charge in [-0.15, -0.1) is 0 Å². The normalized spacial score (nSPS) is 11.7. The van der Waals surface area contributed by atoms with Gasteiger partial charge in [0, 0.05) is 6.42 Å². The zero-order chi connectivity index (χ0) is 16.8. The van der Waals surface area contributed by atoms with E-state index < -0.39 is 5.97 Å². The predicted molar refractivity (Wildman–Crippen MR) is 90.7 cm³/mol. The molecule has 0 spiro atoms. The Bertz CT molecular complexity index is 780. The van der Waals surface area contributed by atoms with Crippen LogP contribution in [0.4, 0.5) is 0 Å². The highest BCUT2D eigenvalue weighted by atomic mass is 16.5. The molecule has 0 aliphatic heterocycles. The Morgan fingerprint density at radius 2 is 1.42 bits per heavy atom. The van der Waals surface area contributed by atoms with Crippen molar-refractivity contribution in [2.24, 2.45) is 0 Å². The summed E-state index contributed by atoms with van der Waals surface area (Å²) in [6.45, 7) is 0. The van der Waals surface area contributed by atoms with Crippen LogP contribution >= 0.6 is 0 Å². The van der Waals surface area contributed by atoms with Gasteiger partial charge >= 0.3 is 0 Å². The predicted octanol–water partition coefficient (Wildman–Crippen LogP) is 3.41. The highest BCUT2D eigenvalue weighted by molar-refractivity contribution is 5.85. The fraction of sp³-hybridized carbons (Fsp3) is 0.0952. The molecule has 0 aliphatic carbocycles. The Kier molecular flexibility index (Phi) is 4.92. The van der Waals surface area contributed by atoms with Crippen LogP contribution in [0.3, 0.4) is 0 Å². The third kappa shape index (κ3) is 4.02. The molecule has 0 aliphatic rings. The number of hydrogen-bond donors (Lipinski definition) is 0. The van der Waals surface area contributed by atoms with Crippen molar-refractivity contribution in [3.8, 4) is 5.75 Å². The Hall–Kier alpha value is -3.07. The molecular formula is C21H17O3-. The smallest absolute Gasteiger partial charge is 0.128 e. The van der Waals surface area contributed by atoms with E-state index in [2.05, 4.69) is 12.1 Å². The number of aromatic carboxylic acids is 1. The average molecular weight is 317 g/mol. The first kappa shape index (κ1) is 15.8. The maximum Gasteiger partial charge on any atom is 0.128 e. The van der Waals surface area contributed by atoms with Crippen LogP contribution in [-0.4, -0.2) is 5.97 Å². The molecule has 3 aromatic rings. The number of ether oxygens (including phenoxy) is 1. The molecule has 0 fully saturated rings. The molecule has 1 atom stereocenters. The van der Waals surface area contributed by atoms with Crippen molar-refractivity contribution in [2.45, 2.75) is 12.5 Å². The third-order valence-electron chi connectivity index (χ3n) is 3.80. The van der Waals surface area contributed by atoms with Crippen LogP contribution in [0.5, 0.6) is 5.75 Å². The highest BCUT2D eigenvalue weighted by Gasteiger charge is 2.14. The summed E-state index contributed by atoms with van der Waals surface area (Å²) >= 11 is 0. The first-order valence-electron chi connectivity index (χ1n) is 7.79. The van der Waals surface area contributed by atoms with Crippen LogP contribution < -0.4 is 9.84 Å². The van der Waals surface area contributed by atoms with Gasteiger partial charge in [0.15, 0.2) is 0 Å². The Morgan fingerprint density at radius 1 is 0.833 bits per heavy atom. The summed E-state index contributed by atoms with van der Waals surface area (Å²) in [4.78, 5) is 10.8. The minimum absolute atomic E-state index is 0.140. The number of benzene rings is 3. The van der Waals surface area contributed by atoms with Crippen molar-refractivity contribution in [3.05, 3.63) is 102 Å². The molecule has 0 N–H and O–H groups in total. The molecule has 0 heterocycles. The van der Waals surface area contributed by atoms with Gasteiger partial charge in [0.1, 0.15) is 11.9 Å². The van der Waals surface area contributed by atoms with Gasteiger partial charge in [-0.3, -0.25) is 0 Å². The maximum atomic E-state index is 10.8. The highest BCUT2D eigenvalue weighted by Crippen LogP contribution is 2.25. The fourth-order valence-electron chi connectivity index (χ4n) is 2.56. The van der Waals surface area contributed by atoms with E-state index in [4.69, 9.17) is 4.74 Å². The van der Waals surface area contributed by atoms with Crippen LogP contribution in [0.2, 0.25) is 0 Å². The lowest BCUT2D eigenvalue weighted by Crippen LogP contribution is -2.22. The number of carbonyl (C=O) groups excluding carboxylic acids is 1. The van der Waals surface area contributed by atoms with Crippen molar-refractivity contribution in [1.29, 1.82) is 0 Å². The number of rotatable bonds is 6. The fourth-order valence-corrected chi connectivity index (χ4v) is 2.56. The molecule has 3 heteroatoms. The van der Waals surface area contributed by atoms with E-state index >= 15 is 0 Å². The van der Waals surface area contributed by atoms with Gasteiger partial charge < -0.3 is 14.6 Å². The number of carboxylic acid groups (broad SMARTS) is 1. The molecule has 0 aromatic heterocycles. The topological polar surface area (TPSA) is 49.4 Å². The molecule has 0 amide bonds. The molecule has 120 valence electrons. The van der Waals surface area contributed by atoms with Crippen molar-refractivity contribution >= 4 is 5.97 Å². The molecule has 0 saturated carbocycles. The second-order valence-electron chi connectivity index (χ2n) is 5.52. The zero-order valence-corrected chi connectivity index (χ0v) is 13.1. The summed E-state index contributed by atoms with van der Waals surface area (Å²) < 4.78 is 6.13. The van der Waals surface area contributed by atoms with Gasteiger partial charge in [0.2, 0.25) is 0 Å². The third-order valence-corrected chi connectivity index (χ3v) is 3.80. The standard InChI is InChI=1S/C21H18O3/c22-21(23)18-11-13-19(14-12-18)24-20(17-9-5-2-6-10-17)15-16-7-3-1-4-8-16/h1-14,20H,15H2,(H,22,23)/p-1. The summed E-state index contributed by atoms with van der Waals surface area (Å²) in [6.07, 6.45) is 0.579. The monoisotopic (exact) mass is 317 g/mol. The first-order valence-corrected chi connectivity index (χ1v) is 7.79. The average Bonchev–Trinajstić information content (AvgIpc) is 2.63. The molecule has 3 nitrogen and oxygen atoms in total. The van der Waals surface area contributed by atoms with Gasteiger partial charge in [-0.25, -0.2) is 0 Å². The van der Waals surface area contributed by atoms with Gasteiger partial charge in [0.25, 0.3) is 0 Å². The van der Waals surface area contributed by atoms with Crippen LogP contribution in [0.15, 0.2) is 84.9 Å². The number of carbonyl (C=O) groups is 1. The van der Waals surface area contributed by atoms with Crippen LogP contribution in [0.1, 0.15) is 27.6 Å². The lowest BCUT2D eigenvalue weighted by molar-refractivity contribution is -0.255. The number of hydrogen-bond acceptors (Lipinski definition) is 3. The summed E-state index contributed by atoms with van der Waals surface area (Å²) in [6, 6.07) is 26.4. The lowest BCUT2D eigenvalue weighted by Gasteiger charge is -2.20. The SMILES string of the molecule is O=C([O-])c1ccc(OC(Cc2ccccc2)c2ccccc2)cc1. The van der Waals surface area contributed by atoms with Gasteiger partial charge in [-0.05, 0) is 41.0 Å². The van der Waals surface area contributed by atoms with E-state index in [-0.39, 0.29) is 11.7 Å². The number of carboxylic acids is 1. The second kappa shape index (κ2) is 7.47. The molecular weight excluding hydrogens is 300 g/mol. The molecule has 3 rings (SSSR count). The van der Waals surface area contributed by atoms with E-state index in [1.54, 1.807) is 12.1 Å². The van der Waals surface area contributed by atoms with Gasteiger partial charge in [0.05, 0.1) is 5.97 Å².